The van der Waals surface area contributed by atoms with Crippen molar-refractivity contribution < 1.29 is 18.0 Å². The van der Waals surface area contributed by atoms with Crippen LogP contribution >= 0.6 is 0 Å². The highest BCUT2D eigenvalue weighted by Crippen LogP contribution is 2.19. The van der Waals surface area contributed by atoms with Crippen LogP contribution in [0.15, 0.2) is 24.3 Å². The Morgan fingerprint density at radius 1 is 0.923 bits per heavy atom. The van der Waals surface area contributed by atoms with Gasteiger partial charge in [-0.25, -0.2) is 23.1 Å². The molecule has 0 atom stereocenters. The third-order valence-corrected chi connectivity index (χ3v) is 3.47. The molecule has 0 spiro atoms. The van der Waals surface area contributed by atoms with Gasteiger partial charge in [0.2, 0.25) is 0 Å². The van der Waals surface area contributed by atoms with E-state index < -0.39 is 28.9 Å². The lowest BCUT2D eigenvalue weighted by molar-refractivity contribution is 0.101. The van der Waals surface area contributed by atoms with Gasteiger partial charge in [0, 0.05) is 29.6 Å². The van der Waals surface area contributed by atoms with Gasteiger partial charge in [-0.1, -0.05) is 0 Å². The second-order valence-electron chi connectivity index (χ2n) is 5.73. The first kappa shape index (κ1) is 17.6. The number of aryl methyl sites for hydroxylation is 3. The van der Waals surface area contributed by atoms with E-state index in [1.54, 1.807) is 26.8 Å². The SMILES string of the molecule is Cc1cc(C)nc(-n2nc(C)cc2NC(=O)c2c(F)cc(F)cc2F)n1. The van der Waals surface area contributed by atoms with Crippen molar-refractivity contribution >= 4 is 11.7 Å². The van der Waals surface area contributed by atoms with Gasteiger partial charge in [0.15, 0.2) is 0 Å². The molecule has 6 nitrogen and oxygen atoms in total. The number of anilines is 1. The minimum atomic E-state index is -1.30. The highest BCUT2D eigenvalue weighted by atomic mass is 19.1. The highest BCUT2D eigenvalue weighted by molar-refractivity contribution is 6.04. The predicted octanol–water partition coefficient (Wildman–Crippen LogP) is 3.26. The summed E-state index contributed by atoms with van der Waals surface area (Å²) in [5.41, 5.74) is 1.02. The number of halogens is 3. The van der Waals surface area contributed by atoms with Gasteiger partial charge >= 0.3 is 0 Å². The molecule has 3 rings (SSSR count). The predicted molar refractivity (Wildman–Crippen MR) is 87.6 cm³/mol. The van der Waals surface area contributed by atoms with Gasteiger partial charge in [-0.05, 0) is 26.8 Å². The number of nitrogens with one attached hydrogen (secondary N) is 1. The van der Waals surface area contributed by atoms with Crippen LogP contribution in [0.4, 0.5) is 19.0 Å². The zero-order chi connectivity index (χ0) is 19.0. The molecule has 0 radical (unpaired) electrons. The molecule has 0 saturated heterocycles. The van der Waals surface area contributed by atoms with Crippen molar-refractivity contribution in [2.45, 2.75) is 20.8 Å². The Morgan fingerprint density at radius 3 is 2.08 bits per heavy atom. The zero-order valence-electron chi connectivity index (χ0n) is 14.1. The molecule has 1 aromatic carbocycles. The molecule has 134 valence electrons. The van der Waals surface area contributed by atoms with E-state index in [0.717, 1.165) is 0 Å². The summed E-state index contributed by atoms with van der Waals surface area (Å²) in [5, 5.41) is 6.56. The minimum absolute atomic E-state index is 0.126. The average molecular weight is 361 g/mol. The molecule has 0 aliphatic carbocycles. The van der Waals surface area contributed by atoms with Gasteiger partial charge in [0.25, 0.3) is 11.9 Å². The van der Waals surface area contributed by atoms with Crippen molar-refractivity contribution in [2.24, 2.45) is 0 Å². The lowest BCUT2D eigenvalue weighted by Gasteiger charge is -2.10. The number of aromatic nitrogens is 4. The maximum atomic E-state index is 13.8. The van der Waals surface area contributed by atoms with Crippen LogP contribution in [0.1, 0.15) is 27.4 Å². The van der Waals surface area contributed by atoms with Crippen LogP contribution in [0.3, 0.4) is 0 Å². The molecule has 26 heavy (non-hydrogen) atoms. The summed E-state index contributed by atoms with van der Waals surface area (Å²) in [7, 11) is 0. The van der Waals surface area contributed by atoms with Crippen molar-refractivity contribution in [3.8, 4) is 5.95 Å². The quantitative estimate of drug-likeness (QED) is 0.777. The third-order valence-electron chi connectivity index (χ3n) is 3.47. The molecule has 1 N–H and O–H groups in total. The second kappa shape index (κ2) is 6.58. The van der Waals surface area contributed by atoms with Crippen molar-refractivity contribution in [2.75, 3.05) is 5.32 Å². The Labute approximate surface area is 146 Å². The topological polar surface area (TPSA) is 72.7 Å². The summed E-state index contributed by atoms with van der Waals surface area (Å²) in [6.45, 7) is 5.22. The smallest absolute Gasteiger partial charge is 0.262 e. The second-order valence-corrected chi connectivity index (χ2v) is 5.73. The lowest BCUT2D eigenvalue weighted by atomic mass is 10.2. The Bertz CT molecular complexity index is 972. The van der Waals surface area contributed by atoms with Gasteiger partial charge in [0.05, 0.1) is 5.69 Å². The molecule has 9 heteroatoms. The van der Waals surface area contributed by atoms with E-state index in [1.807, 2.05) is 0 Å². The van der Waals surface area contributed by atoms with E-state index in [-0.39, 0.29) is 11.8 Å². The van der Waals surface area contributed by atoms with E-state index >= 15 is 0 Å². The zero-order valence-corrected chi connectivity index (χ0v) is 14.1. The van der Waals surface area contributed by atoms with Gasteiger partial charge in [-0.15, -0.1) is 0 Å². The molecule has 2 heterocycles. The number of rotatable bonds is 3. The first-order chi connectivity index (χ1) is 12.2. The van der Waals surface area contributed by atoms with Crippen LogP contribution in [-0.4, -0.2) is 25.7 Å². The van der Waals surface area contributed by atoms with Crippen LogP contribution in [0, 0.1) is 38.2 Å². The molecule has 0 aliphatic rings. The molecule has 1 amide bonds. The van der Waals surface area contributed by atoms with E-state index in [0.29, 0.717) is 29.2 Å². The number of nitrogens with zero attached hydrogens (tertiary/aromatic N) is 4. The standard InChI is InChI=1S/C17H14F3N5O/c1-8-4-9(2)22-17(21-8)25-14(5-10(3)24-25)23-16(26)15-12(19)6-11(18)7-13(15)20/h4-7H,1-3H3,(H,23,26). The van der Waals surface area contributed by atoms with E-state index in [2.05, 4.69) is 20.4 Å². The first-order valence-electron chi connectivity index (χ1n) is 7.60. The average Bonchev–Trinajstić information content (AvgIpc) is 2.85. The molecule has 0 unspecified atom stereocenters. The minimum Gasteiger partial charge on any atom is -0.306 e. The molecule has 0 fully saturated rings. The molecule has 0 aliphatic heterocycles. The van der Waals surface area contributed by atoms with Crippen molar-refractivity contribution in [3.63, 3.8) is 0 Å². The number of carbonyl (C=O) groups excluding carboxylic acids is 1. The Balaban J connectivity index is 2.00. The molecule has 0 bridgehead atoms. The van der Waals surface area contributed by atoms with Crippen LogP contribution in [0.5, 0.6) is 0 Å². The van der Waals surface area contributed by atoms with Crippen LogP contribution < -0.4 is 5.32 Å². The third kappa shape index (κ3) is 3.41. The first-order valence-corrected chi connectivity index (χ1v) is 7.60. The Hall–Kier alpha value is -3.23. The Kier molecular flexibility index (Phi) is 4.45. The fraction of sp³-hybridized carbons (Fsp3) is 0.176. The summed E-state index contributed by atoms with van der Waals surface area (Å²) < 4.78 is 41.9. The number of amides is 1. The normalized spacial score (nSPS) is 10.8. The fourth-order valence-electron chi connectivity index (χ4n) is 2.48. The number of benzene rings is 1. The highest BCUT2D eigenvalue weighted by Gasteiger charge is 2.21. The van der Waals surface area contributed by atoms with Crippen molar-refractivity contribution in [1.29, 1.82) is 0 Å². The molecule has 2 aromatic heterocycles. The summed E-state index contributed by atoms with van der Waals surface area (Å²) in [4.78, 5) is 20.8. The molecular formula is C17H14F3N5O. The largest absolute Gasteiger partial charge is 0.306 e. The summed E-state index contributed by atoms with van der Waals surface area (Å²) in [6.07, 6.45) is 0. The van der Waals surface area contributed by atoms with Gasteiger partial charge in [-0.3, -0.25) is 4.79 Å². The molecular weight excluding hydrogens is 347 g/mol. The van der Waals surface area contributed by atoms with Crippen molar-refractivity contribution in [3.05, 3.63) is 64.4 Å². The lowest BCUT2D eigenvalue weighted by Crippen LogP contribution is -2.19. The summed E-state index contributed by atoms with van der Waals surface area (Å²) >= 11 is 0. The van der Waals surface area contributed by atoms with E-state index in [9.17, 15) is 18.0 Å². The maximum absolute atomic E-state index is 13.8. The van der Waals surface area contributed by atoms with Gasteiger partial charge in [-0.2, -0.15) is 9.78 Å². The van der Waals surface area contributed by atoms with E-state index in [4.69, 9.17) is 0 Å². The van der Waals surface area contributed by atoms with Gasteiger partial charge < -0.3 is 5.32 Å². The Morgan fingerprint density at radius 2 is 1.50 bits per heavy atom. The van der Waals surface area contributed by atoms with Crippen LogP contribution in [-0.2, 0) is 0 Å². The van der Waals surface area contributed by atoms with Crippen LogP contribution in [0.2, 0.25) is 0 Å². The molecule has 3 aromatic rings. The van der Waals surface area contributed by atoms with E-state index in [1.165, 1.54) is 10.7 Å². The maximum Gasteiger partial charge on any atom is 0.262 e. The molecule has 0 saturated carbocycles. The number of carbonyl (C=O) groups is 1. The van der Waals surface area contributed by atoms with Crippen LogP contribution in [0.25, 0.3) is 5.95 Å². The number of hydrogen-bond donors (Lipinski definition) is 1. The fourth-order valence-corrected chi connectivity index (χ4v) is 2.48. The van der Waals surface area contributed by atoms with Crippen molar-refractivity contribution in [1.82, 2.24) is 19.7 Å². The summed E-state index contributed by atoms with van der Waals surface area (Å²) in [5.74, 6) is -4.46. The number of hydrogen-bond acceptors (Lipinski definition) is 4. The summed E-state index contributed by atoms with van der Waals surface area (Å²) in [6, 6.07) is 4.14. The van der Waals surface area contributed by atoms with Gasteiger partial charge in [0.1, 0.15) is 28.8 Å². The monoisotopic (exact) mass is 361 g/mol.